The molecule has 0 saturated heterocycles. The molecule has 0 aliphatic carbocycles. The third-order valence-corrected chi connectivity index (χ3v) is 3.10. The summed E-state index contributed by atoms with van der Waals surface area (Å²) in [6.45, 7) is 15.7. The molecule has 0 fully saturated rings. The second-order valence-electron chi connectivity index (χ2n) is 5.06. The molecule has 0 aliphatic rings. The lowest BCUT2D eigenvalue weighted by molar-refractivity contribution is 0.630. The molecule has 6 heteroatoms. The third kappa shape index (κ3) is 30.8. The zero-order chi connectivity index (χ0) is 26.9. The fourth-order valence-corrected chi connectivity index (χ4v) is 1.75. The standard InChI is InChI=1S/C9H12N2.C7H9N.C6H6.3C2H6.O2S/c1-8(10-2)11-9-6-4-3-5-7-9;1-8-7-5-3-2-4-6-7;1-2-4-6-5-3-1;3*1-2;1-3-2/h3-7,10-11H,1H2,2H3;2-6,8H,1H3;1-6H;3*1-2H3;. The van der Waals surface area contributed by atoms with Crippen molar-refractivity contribution in [3.05, 3.63) is 109 Å². The first-order chi connectivity index (χ1) is 16.7. The predicted molar refractivity (Wildman–Crippen MR) is 154 cm³/mol. The lowest BCUT2D eigenvalue weighted by Crippen LogP contribution is -2.12. The monoisotopic (exact) mass is 487 g/mol. The number of hydrogen-bond acceptors (Lipinski definition) is 5. The first-order valence-corrected chi connectivity index (χ1v) is 12.2. The summed E-state index contributed by atoms with van der Waals surface area (Å²) < 4.78 is 16.6. The van der Waals surface area contributed by atoms with E-state index in [-0.39, 0.29) is 0 Å². The van der Waals surface area contributed by atoms with Gasteiger partial charge < -0.3 is 16.0 Å². The maximum atomic E-state index is 8.29. The topological polar surface area (TPSA) is 70.2 Å². The van der Waals surface area contributed by atoms with Crippen molar-refractivity contribution in [2.45, 2.75) is 41.5 Å². The van der Waals surface area contributed by atoms with Crippen LogP contribution in [0.25, 0.3) is 0 Å². The molecule has 0 saturated carbocycles. The van der Waals surface area contributed by atoms with Crippen LogP contribution >= 0.6 is 0 Å². The van der Waals surface area contributed by atoms with Crippen LogP contribution in [-0.2, 0) is 11.6 Å². The third-order valence-electron chi connectivity index (χ3n) is 3.10. The molecule has 3 N–H and O–H groups in total. The van der Waals surface area contributed by atoms with E-state index in [1.54, 1.807) is 0 Å². The largest absolute Gasteiger partial charge is 0.388 e. The second kappa shape index (κ2) is 37.0. The Labute approximate surface area is 212 Å². The van der Waals surface area contributed by atoms with Gasteiger partial charge in [-0.15, -0.1) is 0 Å². The summed E-state index contributed by atoms with van der Waals surface area (Å²) in [6, 6.07) is 32.0. The minimum atomic E-state index is -0.750. The van der Waals surface area contributed by atoms with Gasteiger partial charge in [-0.3, -0.25) is 0 Å². The molecule has 0 atom stereocenters. The van der Waals surface area contributed by atoms with Crippen LogP contribution in [0.3, 0.4) is 0 Å². The summed E-state index contributed by atoms with van der Waals surface area (Å²) in [5.41, 5.74) is 2.21. The molecule has 0 aliphatic heterocycles. The Bertz CT molecular complexity index is 739. The van der Waals surface area contributed by atoms with Crippen molar-refractivity contribution in [3.8, 4) is 0 Å². The van der Waals surface area contributed by atoms with Crippen molar-refractivity contribution in [1.82, 2.24) is 5.32 Å². The molecule has 5 nitrogen and oxygen atoms in total. The van der Waals surface area contributed by atoms with Crippen molar-refractivity contribution >= 4 is 22.9 Å². The predicted octanol–water partition coefficient (Wildman–Crippen LogP) is 7.61. The molecule has 0 aromatic heterocycles. The zero-order valence-corrected chi connectivity index (χ0v) is 23.0. The van der Waals surface area contributed by atoms with E-state index in [9.17, 15) is 0 Å². The Hall–Kier alpha value is -3.38. The highest BCUT2D eigenvalue weighted by molar-refractivity contribution is 7.51. The SMILES string of the molecule is C=C(NC)Nc1ccccc1.CC.CC.CC.CNc1ccccc1.O=S=O.c1ccccc1. The molecular weight excluding hydrogens is 442 g/mol. The Morgan fingerprint density at radius 2 is 0.853 bits per heavy atom. The van der Waals surface area contributed by atoms with E-state index in [0.717, 1.165) is 17.2 Å². The van der Waals surface area contributed by atoms with E-state index in [1.807, 2.05) is 153 Å². The lowest BCUT2D eigenvalue weighted by Gasteiger charge is -2.07. The van der Waals surface area contributed by atoms with Crippen molar-refractivity contribution in [2.24, 2.45) is 0 Å². The first-order valence-electron chi connectivity index (χ1n) is 11.5. The fraction of sp³-hybridized carbons (Fsp3) is 0.286. The summed E-state index contributed by atoms with van der Waals surface area (Å²) in [5.74, 6) is 0.802. The Balaban J connectivity index is -0.000000174. The molecule has 0 amide bonds. The van der Waals surface area contributed by atoms with Gasteiger partial charge in [-0.05, 0) is 24.3 Å². The summed E-state index contributed by atoms with van der Waals surface area (Å²) >= 11 is -0.750. The van der Waals surface area contributed by atoms with Crippen molar-refractivity contribution in [1.29, 1.82) is 0 Å². The number of hydrogen-bond donors (Lipinski definition) is 3. The van der Waals surface area contributed by atoms with Crippen LogP contribution in [0, 0.1) is 0 Å². The van der Waals surface area contributed by atoms with Gasteiger partial charge in [0.15, 0.2) is 0 Å². The molecule has 0 heterocycles. The van der Waals surface area contributed by atoms with Crippen LogP contribution < -0.4 is 16.0 Å². The highest BCUT2D eigenvalue weighted by atomic mass is 32.1. The van der Waals surface area contributed by atoms with Gasteiger partial charge in [-0.25, -0.2) is 0 Å². The van der Waals surface area contributed by atoms with Crippen LogP contribution in [0.2, 0.25) is 0 Å². The normalized spacial score (nSPS) is 7.18. The molecule has 3 rings (SSSR count). The summed E-state index contributed by atoms with van der Waals surface area (Å²) in [7, 11) is 3.74. The van der Waals surface area contributed by atoms with Crippen LogP contribution in [0.5, 0.6) is 0 Å². The smallest absolute Gasteiger partial charge is 0.335 e. The molecular formula is C28H45N3O2S. The molecule has 0 bridgehead atoms. The van der Waals surface area contributed by atoms with Gasteiger partial charge in [0.2, 0.25) is 0 Å². The fourth-order valence-electron chi connectivity index (χ4n) is 1.75. The maximum absolute atomic E-state index is 8.29. The summed E-state index contributed by atoms with van der Waals surface area (Å²) in [6.07, 6.45) is 0. The number of rotatable bonds is 4. The molecule has 3 aromatic carbocycles. The van der Waals surface area contributed by atoms with Crippen LogP contribution in [0.4, 0.5) is 11.4 Å². The average Bonchev–Trinajstić information content (AvgIpc) is 2.95. The van der Waals surface area contributed by atoms with E-state index < -0.39 is 11.6 Å². The lowest BCUT2D eigenvalue weighted by atomic mass is 10.3. The Morgan fingerprint density at radius 3 is 1.09 bits per heavy atom. The quantitative estimate of drug-likeness (QED) is 0.353. The van der Waals surface area contributed by atoms with E-state index >= 15 is 0 Å². The summed E-state index contributed by atoms with van der Waals surface area (Å²) in [5, 5.41) is 9.02. The molecule has 34 heavy (non-hydrogen) atoms. The Morgan fingerprint density at radius 1 is 0.588 bits per heavy atom. The molecule has 0 unspecified atom stereocenters. The zero-order valence-electron chi connectivity index (χ0n) is 22.2. The molecule has 0 spiro atoms. The van der Waals surface area contributed by atoms with Crippen molar-refractivity contribution < 1.29 is 8.42 Å². The van der Waals surface area contributed by atoms with Gasteiger partial charge in [-0.2, -0.15) is 8.42 Å². The number of nitrogens with one attached hydrogen (secondary N) is 3. The maximum Gasteiger partial charge on any atom is 0.335 e. The van der Waals surface area contributed by atoms with Crippen LogP contribution in [-0.4, -0.2) is 22.5 Å². The van der Waals surface area contributed by atoms with E-state index in [2.05, 4.69) is 22.5 Å². The first kappa shape index (κ1) is 37.9. The number of anilines is 2. The van der Waals surface area contributed by atoms with Crippen LogP contribution in [0.1, 0.15) is 41.5 Å². The molecule has 0 radical (unpaired) electrons. The highest BCUT2D eigenvalue weighted by Gasteiger charge is 1.88. The highest BCUT2D eigenvalue weighted by Crippen LogP contribution is 2.05. The van der Waals surface area contributed by atoms with E-state index in [0.29, 0.717) is 0 Å². The van der Waals surface area contributed by atoms with Gasteiger partial charge in [0.1, 0.15) is 0 Å². The Kier molecular flexibility index (Phi) is 41.2. The summed E-state index contributed by atoms with van der Waals surface area (Å²) in [4.78, 5) is 0. The van der Waals surface area contributed by atoms with Gasteiger partial charge in [-0.1, -0.05) is 121 Å². The van der Waals surface area contributed by atoms with Crippen LogP contribution in [0.15, 0.2) is 109 Å². The van der Waals surface area contributed by atoms with Gasteiger partial charge in [0.25, 0.3) is 0 Å². The van der Waals surface area contributed by atoms with Gasteiger partial charge >= 0.3 is 11.6 Å². The minimum Gasteiger partial charge on any atom is -0.388 e. The van der Waals surface area contributed by atoms with Gasteiger partial charge in [0.05, 0.1) is 5.82 Å². The minimum absolute atomic E-state index is 0.750. The second-order valence-corrected chi connectivity index (χ2v) is 5.19. The molecule has 3 aromatic rings. The van der Waals surface area contributed by atoms with Gasteiger partial charge in [0, 0.05) is 25.5 Å². The number of benzene rings is 3. The van der Waals surface area contributed by atoms with Crippen molar-refractivity contribution in [2.75, 3.05) is 24.7 Å². The number of para-hydroxylation sites is 2. The van der Waals surface area contributed by atoms with E-state index in [4.69, 9.17) is 8.42 Å². The van der Waals surface area contributed by atoms with Crippen molar-refractivity contribution in [3.63, 3.8) is 0 Å². The van der Waals surface area contributed by atoms with E-state index in [1.165, 1.54) is 0 Å². The molecule has 190 valence electrons. The average molecular weight is 488 g/mol.